The van der Waals surface area contributed by atoms with Crippen LogP contribution in [-0.2, 0) is 20.9 Å². The maximum Gasteiger partial charge on any atom is 0.407 e. The standard InChI is InChI=1S/C16H19NO5/c1-2-17(16(19)20)13-12-8-11(18)14(22-12)15(13)21-9-10-6-4-3-5-7-10/h3-7,12-15H,2,8-9H2,1H3,(H,19,20). The van der Waals surface area contributed by atoms with E-state index in [-0.39, 0.29) is 12.2 Å². The van der Waals surface area contributed by atoms with Crippen molar-refractivity contribution in [3.63, 3.8) is 0 Å². The lowest BCUT2D eigenvalue weighted by Crippen LogP contribution is -2.54. The van der Waals surface area contributed by atoms with Gasteiger partial charge in [-0.3, -0.25) is 4.79 Å². The summed E-state index contributed by atoms with van der Waals surface area (Å²) in [7, 11) is 0. The van der Waals surface area contributed by atoms with Crippen LogP contribution in [0.5, 0.6) is 0 Å². The zero-order chi connectivity index (χ0) is 15.7. The third-order valence-corrected chi connectivity index (χ3v) is 4.29. The van der Waals surface area contributed by atoms with E-state index in [1.165, 1.54) is 4.90 Å². The summed E-state index contributed by atoms with van der Waals surface area (Å²) >= 11 is 0. The van der Waals surface area contributed by atoms with Gasteiger partial charge >= 0.3 is 6.09 Å². The Morgan fingerprint density at radius 1 is 1.41 bits per heavy atom. The molecule has 0 radical (unpaired) electrons. The summed E-state index contributed by atoms with van der Waals surface area (Å²) in [5.74, 6) is 0.000698. The number of rotatable bonds is 5. The number of nitrogens with zero attached hydrogens (tertiary/aromatic N) is 1. The Morgan fingerprint density at radius 2 is 2.14 bits per heavy atom. The summed E-state index contributed by atoms with van der Waals surface area (Å²) in [6, 6.07) is 9.18. The summed E-state index contributed by atoms with van der Waals surface area (Å²) in [5, 5.41) is 9.36. The van der Waals surface area contributed by atoms with Gasteiger partial charge in [0.25, 0.3) is 0 Å². The Hall–Kier alpha value is -1.92. The average molecular weight is 305 g/mol. The molecule has 6 nitrogen and oxygen atoms in total. The van der Waals surface area contributed by atoms with E-state index in [1.807, 2.05) is 30.3 Å². The predicted octanol–water partition coefficient (Wildman–Crippen LogP) is 1.68. The molecule has 2 heterocycles. The van der Waals surface area contributed by atoms with Crippen LogP contribution in [0.3, 0.4) is 0 Å². The number of carboxylic acid groups (broad SMARTS) is 1. The normalized spacial score (nSPS) is 29.8. The minimum absolute atomic E-state index is 0.000698. The van der Waals surface area contributed by atoms with Gasteiger partial charge in [-0.05, 0) is 12.5 Å². The van der Waals surface area contributed by atoms with Crippen molar-refractivity contribution in [1.82, 2.24) is 4.90 Å². The Kier molecular flexibility index (Phi) is 4.13. The average Bonchev–Trinajstić information content (AvgIpc) is 3.04. The van der Waals surface area contributed by atoms with Crippen LogP contribution >= 0.6 is 0 Å². The highest BCUT2D eigenvalue weighted by atomic mass is 16.6. The number of fused-ring (bicyclic) bond motifs is 2. The highest BCUT2D eigenvalue weighted by Crippen LogP contribution is 2.37. The third kappa shape index (κ3) is 2.60. The van der Waals surface area contributed by atoms with Crippen LogP contribution < -0.4 is 0 Å². The molecule has 2 saturated heterocycles. The number of carbonyl (C=O) groups is 2. The van der Waals surface area contributed by atoms with Crippen molar-refractivity contribution in [2.45, 2.75) is 44.3 Å². The fourth-order valence-corrected chi connectivity index (χ4v) is 3.28. The second-order valence-electron chi connectivity index (χ2n) is 5.59. The highest BCUT2D eigenvalue weighted by Gasteiger charge is 2.57. The number of hydrogen-bond acceptors (Lipinski definition) is 4. The van der Waals surface area contributed by atoms with Crippen molar-refractivity contribution >= 4 is 11.9 Å². The van der Waals surface area contributed by atoms with Crippen molar-refractivity contribution in [3.8, 4) is 0 Å². The minimum atomic E-state index is -1.01. The van der Waals surface area contributed by atoms with Crippen LogP contribution in [0.25, 0.3) is 0 Å². The van der Waals surface area contributed by atoms with Gasteiger partial charge in [0.05, 0.1) is 18.8 Å². The van der Waals surface area contributed by atoms with E-state index in [9.17, 15) is 14.7 Å². The van der Waals surface area contributed by atoms with Gasteiger partial charge in [-0.25, -0.2) is 4.79 Å². The van der Waals surface area contributed by atoms with E-state index in [1.54, 1.807) is 6.92 Å². The monoisotopic (exact) mass is 305 g/mol. The van der Waals surface area contributed by atoms with E-state index in [2.05, 4.69) is 0 Å². The van der Waals surface area contributed by atoms with Gasteiger partial charge in [0.1, 0.15) is 12.2 Å². The van der Waals surface area contributed by atoms with E-state index in [0.29, 0.717) is 13.2 Å². The first kappa shape index (κ1) is 15.0. The maximum absolute atomic E-state index is 11.9. The number of carbonyl (C=O) groups excluding carboxylic acids is 1. The Bertz CT molecular complexity index is 561. The van der Waals surface area contributed by atoms with Gasteiger partial charge in [0, 0.05) is 13.0 Å². The van der Waals surface area contributed by atoms with Gasteiger partial charge in [-0.2, -0.15) is 0 Å². The molecule has 2 aliphatic heterocycles. The molecule has 2 fully saturated rings. The zero-order valence-electron chi connectivity index (χ0n) is 12.3. The minimum Gasteiger partial charge on any atom is -0.465 e. The maximum atomic E-state index is 11.9. The number of ether oxygens (including phenoxy) is 2. The fraction of sp³-hybridized carbons (Fsp3) is 0.500. The lowest BCUT2D eigenvalue weighted by molar-refractivity contribution is -0.129. The molecule has 0 aliphatic carbocycles. The molecule has 2 aliphatic rings. The molecule has 0 saturated carbocycles. The lowest BCUT2D eigenvalue weighted by Gasteiger charge is -2.34. The Balaban J connectivity index is 1.76. The largest absolute Gasteiger partial charge is 0.465 e. The molecule has 1 aromatic carbocycles. The van der Waals surface area contributed by atoms with E-state index in [0.717, 1.165) is 5.56 Å². The fourth-order valence-electron chi connectivity index (χ4n) is 3.28. The van der Waals surface area contributed by atoms with Gasteiger partial charge in [-0.1, -0.05) is 30.3 Å². The number of amides is 1. The van der Waals surface area contributed by atoms with E-state index in [4.69, 9.17) is 9.47 Å². The number of hydrogen-bond donors (Lipinski definition) is 1. The molecule has 1 aromatic rings. The number of likely N-dealkylation sites (N-methyl/N-ethyl adjacent to an activating group) is 1. The van der Waals surface area contributed by atoms with Crippen LogP contribution in [0.2, 0.25) is 0 Å². The number of Topliss-reactive ketones (excluding diaryl/α,β-unsaturated/α-hetero) is 1. The summed E-state index contributed by atoms with van der Waals surface area (Å²) in [6.45, 7) is 2.45. The quantitative estimate of drug-likeness (QED) is 0.895. The summed E-state index contributed by atoms with van der Waals surface area (Å²) in [5.41, 5.74) is 0.981. The smallest absolute Gasteiger partial charge is 0.407 e. The van der Waals surface area contributed by atoms with Gasteiger partial charge in [-0.15, -0.1) is 0 Å². The molecule has 22 heavy (non-hydrogen) atoms. The summed E-state index contributed by atoms with van der Waals surface area (Å²) in [6.07, 6.45) is -2.32. The predicted molar refractivity (Wildman–Crippen MR) is 77.5 cm³/mol. The van der Waals surface area contributed by atoms with Crippen molar-refractivity contribution < 1.29 is 24.2 Å². The topological polar surface area (TPSA) is 76.1 Å². The van der Waals surface area contributed by atoms with Crippen molar-refractivity contribution in [1.29, 1.82) is 0 Å². The molecule has 0 spiro atoms. The van der Waals surface area contributed by atoms with Crippen molar-refractivity contribution in [2.75, 3.05) is 6.54 Å². The Labute approximate surface area is 128 Å². The van der Waals surface area contributed by atoms with Gasteiger partial charge in [0.15, 0.2) is 5.78 Å². The molecule has 0 aromatic heterocycles. The number of ketones is 1. The van der Waals surface area contributed by atoms with Crippen LogP contribution in [0.1, 0.15) is 18.9 Å². The van der Waals surface area contributed by atoms with Crippen LogP contribution in [0, 0.1) is 0 Å². The molecule has 4 atom stereocenters. The highest BCUT2D eigenvalue weighted by molar-refractivity contribution is 5.88. The van der Waals surface area contributed by atoms with E-state index < -0.39 is 30.4 Å². The second kappa shape index (κ2) is 6.06. The molecule has 1 amide bonds. The molecule has 1 N–H and O–H groups in total. The van der Waals surface area contributed by atoms with Crippen LogP contribution in [-0.4, -0.2) is 52.8 Å². The molecule has 4 unspecified atom stereocenters. The first-order valence-corrected chi connectivity index (χ1v) is 7.45. The second-order valence-corrected chi connectivity index (χ2v) is 5.59. The molecule has 3 rings (SSSR count). The molecule has 118 valence electrons. The lowest BCUT2D eigenvalue weighted by atomic mass is 9.90. The van der Waals surface area contributed by atoms with E-state index >= 15 is 0 Å². The number of benzene rings is 1. The molecule has 2 bridgehead atoms. The summed E-state index contributed by atoms with van der Waals surface area (Å²) in [4.78, 5) is 24.7. The first-order chi connectivity index (χ1) is 10.6. The third-order valence-electron chi connectivity index (χ3n) is 4.29. The SMILES string of the molecule is CCN(C(=O)O)C1C2CC(=O)C(O2)C1OCc1ccccc1. The zero-order valence-corrected chi connectivity index (χ0v) is 12.3. The van der Waals surface area contributed by atoms with Crippen LogP contribution in [0.4, 0.5) is 4.79 Å². The molecular formula is C16H19NO5. The van der Waals surface area contributed by atoms with Crippen molar-refractivity contribution in [3.05, 3.63) is 35.9 Å². The molecule has 6 heteroatoms. The van der Waals surface area contributed by atoms with Crippen molar-refractivity contribution in [2.24, 2.45) is 0 Å². The molecular weight excluding hydrogens is 286 g/mol. The van der Waals surface area contributed by atoms with Gasteiger partial charge in [0.2, 0.25) is 0 Å². The van der Waals surface area contributed by atoms with Crippen LogP contribution in [0.15, 0.2) is 30.3 Å². The Morgan fingerprint density at radius 3 is 2.77 bits per heavy atom. The summed E-state index contributed by atoms with van der Waals surface area (Å²) < 4.78 is 11.5. The van der Waals surface area contributed by atoms with Gasteiger partial charge < -0.3 is 19.5 Å². The first-order valence-electron chi connectivity index (χ1n) is 7.45.